The maximum Gasteiger partial charge on any atom is 0.338 e. The number of carbonyl (C=O) groups is 2. The maximum absolute atomic E-state index is 13.0. The van der Waals surface area contributed by atoms with Gasteiger partial charge in [0.15, 0.2) is 0 Å². The van der Waals surface area contributed by atoms with E-state index in [0.717, 1.165) is 23.6 Å². The van der Waals surface area contributed by atoms with Crippen LogP contribution in [-0.4, -0.2) is 35.4 Å². The first-order valence-corrected chi connectivity index (χ1v) is 8.58. The summed E-state index contributed by atoms with van der Waals surface area (Å²) < 4.78 is 4.63. The predicted octanol–water partition coefficient (Wildman–Crippen LogP) is 3.74. The first kappa shape index (κ1) is 20.1. The van der Waals surface area contributed by atoms with Crippen molar-refractivity contribution in [3.05, 3.63) is 74.8 Å². The fourth-order valence-electron chi connectivity index (χ4n) is 2.69. The van der Waals surface area contributed by atoms with Crippen molar-refractivity contribution in [2.45, 2.75) is 26.8 Å². The molecular formula is C20H22N2O5. The molecule has 7 nitrogen and oxygen atoms in total. The van der Waals surface area contributed by atoms with Gasteiger partial charge in [-0.25, -0.2) is 4.79 Å². The number of rotatable bonds is 7. The van der Waals surface area contributed by atoms with Crippen molar-refractivity contribution in [3.8, 4) is 0 Å². The van der Waals surface area contributed by atoms with Gasteiger partial charge in [0.05, 0.1) is 17.6 Å². The number of carbonyl (C=O) groups excluding carboxylic acids is 2. The minimum atomic E-state index is -0.728. The number of non-ortho nitro benzene ring substituents is 1. The van der Waals surface area contributed by atoms with Crippen molar-refractivity contribution in [1.29, 1.82) is 0 Å². The number of esters is 1. The lowest BCUT2D eigenvalue weighted by Crippen LogP contribution is -2.31. The molecule has 2 aromatic carbocycles. The molecule has 27 heavy (non-hydrogen) atoms. The Morgan fingerprint density at radius 1 is 1.11 bits per heavy atom. The average molecular weight is 370 g/mol. The summed E-state index contributed by atoms with van der Waals surface area (Å²) in [6.07, 6.45) is 0.733. The van der Waals surface area contributed by atoms with E-state index in [-0.39, 0.29) is 22.7 Å². The molecule has 0 unspecified atom stereocenters. The number of amides is 1. The highest BCUT2D eigenvalue weighted by Crippen LogP contribution is 2.20. The molecule has 0 aromatic heterocycles. The van der Waals surface area contributed by atoms with E-state index in [0.29, 0.717) is 13.1 Å². The molecule has 0 saturated carbocycles. The molecule has 1 amide bonds. The standard InChI is InChI=1S/C20H22N2O5/c1-4-9-21(13-15-7-5-14(2)6-8-15)19(23)16-10-17(20(24)27-3)12-18(11-16)22(25)26/h5-8,10-12H,4,9,13H2,1-3H3. The van der Waals surface area contributed by atoms with Crippen LogP contribution in [0, 0.1) is 17.0 Å². The fourth-order valence-corrected chi connectivity index (χ4v) is 2.69. The minimum absolute atomic E-state index is 0.0261. The normalized spacial score (nSPS) is 10.3. The van der Waals surface area contributed by atoms with Crippen LogP contribution in [0.25, 0.3) is 0 Å². The number of hydrogen-bond acceptors (Lipinski definition) is 5. The first-order valence-electron chi connectivity index (χ1n) is 8.58. The molecule has 0 atom stereocenters. The van der Waals surface area contributed by atoms with Crippen LogP contribution in [0.4, 0.5) is 5.69 Å². The lowest BCUT2D eigenvalue weighted by atomic mass is 10.1. The summed E-state index contributed by atoms with van der Waals surface area (Å²) in [6, 6.07) is 11.4. The number of aryl methyl sites for hydroxylation is 1. The molecule has 7 heteroatoms. The van der Waals surface area contributed by atoms with Crippen molar-refractivity contribution >= 4 is 17.6 Å². The number of nitrogens with zero attached hydrogens (tertiary/aromatic N) is 2. The summed E-state index contributed by atoms with van der Waals surface area (Å²) >= 11 is 0. The van der Waals surface area contributed by atoms with Gasteiger partial charge in [-0.1, -0.05) is 36.8 Å². The largest absolute Gasteiger partial charge is 0.465 e. The van der Waals surface area contributed by atoms with E-state index in [4.69, 9.17) is 0 Å². The lowest BCUT2D eigenvalue weighted by Gasteiger charge is -2.22. The first-order chi connectivity index (χ1) is 12.8. The van der Waals surface area contributed by atoms with Crippen molar-refractivity contribution in [2.75, 3.05) is 13.7 Å². The highest BCUT2D eigenvalue weighted by atomic mass is 16.6. The van der Waals surface area contributed by atoms with Gasteiger partial charge in [0.25, 0.3) is 11.6 Å². The van der Waals surface area contributed by atoms with E-state index in [9.17, 15) is 19.7 Å². The fraction of sp³-hybridized carbons (Fsp3) is 0.300. The van der Waals surface area contributed by atoms with Crippen LogP contribution in [-0.2, 0) is 11.3 Å². The number of nitro benzene ring substituents is 1. The summed E-state index contributed by atoms with van der Waals surface area (Å²) in [5, 5.41) is 11.2. The summed E-state index contributed by atoms with van der Waals surface area (Å²) in [6.45, 7) is 4.80. The highest BCUT2D eigenvalue weighted by Gasteiger charge is 2.22. The van der Waals surface area contributed by atoms with E-state index >= 15 is 0 Å². The molecule has 0 aliphatic carbocycles. The molecule has 0 N–H and O–H groups in total. The Morgan fingerprint density at radius 3 is 2.30 bits per heavy atom. The zero-order chi connectivity index (χ0) is 20.0. The molecule has 142 valence electrons. The van der Waals surface area contributed by atoms with Gasteiger partial charge in [0, 0.05) is 30.8 Å². The summed E-state index contributed by atoms with van der Waals surface area (Å²) in [5.74, 6) is -1.10. The maximum atomic E-state index is 13.0. The van der Waals surface area contributed by atoms with Crippen molar-refractivity contribution in [1.82, 2.24) is 4.90 Å². The van der Waals surface area contributed by atoms with Crippen LogP contribution < -0.4 is 0 Å². The zero-order valence-corrected chi connectivity index (χ0v) is 15.6. The predicted molar refractivity (Wildman–Crippen MR) is 101 cm³/mol. The van der Waals surface area contributed by atoms with Crippen molar-refractivity contribution in [2.24, 2.45) is 0 Å². The third-order valence-corrected chi connectivity index (χ3v) is 4.07. The highest BCUT2D eigenvalue weighted by molar-refractivity contribution is 5.99. The third-order valence-electron chi connectivity index (χ3n) is 4.07. The van der Waals surface area contributed by atoms with Gasteiger partial charge in [-0.15, -0.1) is 0 Å². The van der Waals surface area contributed by atoms with Crippen LogP contribution in [0.2, 0.25) is 0 Å². The van der Waals surface area contributed by atoms with Gasteiger partial charge in [-0.05, 0) is 25.0 Å². The minimum Gasteiger partial charge on any atom is -0.465 e. The number of methoxy groups -OCH3 is 1. The Kier molecular flexibility index (Phi) is 6.65. The van der Waals surface area contributed by atoms with Crippen LogP contribution in [0.5, 0.6) is 0 Å². The molecular weight excluding hydrogens is 348 g/mol. The topological polar surface area (TPSA) is 89.8 Å². The second-order valence-electron chi connectivity index (χ2n) is 6.23. The molecule has 2 aromatic rings. The number of ether oxygens (including phenoxy) is 1. The second kappa shape index (κ2) is 8.93. The Hall–Kier alpha value is -3.22. The van der Waals surface area contributed by atoms with E-state index in [2.05, 4.69) is 4.74 Å². The molecule has 0 aliphatic heterocycles. The van der Waals surface area contributed by atoms with Crippen LogP contribution in [0.1, 0.15) is 45.2 Å². The number of benzene rings is 2. The van der Waals surface area contributed by atoms with Crippen LogP contribution in [0.3, 0.4) is 0 Å². The SMILES string of the molecule is CCCN(Cc1ccc(C)cc1)C(=O)c1cc(C(=O)OC)cc([N+](=O)[O-])c1. The van der Waals surface area contributed by atoms with Crippen molar-refractivity contribution in [3.63, 3.8) is 0 Å². The van der Waals surface area contributed by atoms with E-state index < -0.39 is 10.9 Å². The summed E-state index contributed by atoms with van der Waals surface area (Å²) in [5.41, 5.74) is 1.81. The Morgan fingerprint density at radius 2 is 1.74 bits per heavy atom. The van der Waals surface area contributed by atoms with Gasteiger partial charge in [-0.2, -0.15) is 0 Å². The Labute approximate surface area is 157 Å². The van der Waals surface area contributed by atoms with Crippen LogP contribution in [0.15, 0.2) is 42.5 Å². The Balaban J connectivity index is 2.38. The zero-order valence-electron chi connectivity index (χ0n) is 15.6. The van der Waals surface area contributed by atoms with Gasteiger partial charge in [0.1, 0.15) is 0 Å². The molecule has 0 aliphatic rings. The summed E-state index contributed by atoms with van der Waals surface area (Å²) in [7, 11) is 1.18. The molecule has 0 fully saturated rings. The summed E-state index contributed by atoms with van der Waals surface area (Å²) in [4.78, 5) is 37.0. The van der Waals surface area contributed by atoms with E-state index in [1.165, 1.54) is 19.2 Å². The molecule has 0 bridgehead atoms. The van der Waals surface area contributed by atoms with Gasteiger partial charge in [0.2, 0.25) is 0 Å². The van der Waals surface area contributed by atoms with E-state index in [1.807, 2.05) is 38.1 Å². The number of nitro groups is 1. The van der Waals surface area contributed by atoms with Gasteiger partial charge < -0.3 is 9.64 Å². The van der Waals surface area contributed by atoms with Crippen LogP contribution >= 0.6 is 0 Å². The molecule has 0 saturated heterocycles. The average Bonchev–Trinajstić information content (AvgIpc) is 2.67. The van der Waals surface area contributed by atoms with Crippen molar-refractivity contribution < 1.29 is 19.2 Å². The monoisotopic (exact) mass is 370 g/mol. The van der Waals surface area contributed by atoms with Gasteiger partial charge >= 0.3 is 5.97 Å². The third kappa shape index (κ3) is 5.13. The van der Waals surface area contributed by atoms with E-state index in [1.54, 1.807) is 4.90 Å². The second-order valence-corrected chi connectivity index (χ2v) is 6.23. The Bertz CT molecular complexity index is 846. The number of hydrogen-bond donors (Lipinski definition) is 0. The van der Waals surface area contributed by atoms with Gasteiger partial charge in [-0.3, -0.25) is 14.9 Å². The molecule has 0 heterocycles. The molecule has 0 spiro atoms. The quantitative estimate of drug-likeness (QED) is 0.421. The molecule has 2 rings (SSSR count). The lowest BCUT2D eigenvalue weighted by molar-refractivity contribution is -0.384. The molecule has 0 radical (unpaired) electrons. The smallest absolute Gasteiger partial charge is 0.338 e.